The van der Waals surface area contributed by atoms with Crippen molar-refractivity contribution in [3.05, 3.63) is 53.3 Å². The van der Waals surface area contributed by atoms with Gasteiger partial charge in [-0.15, -0.1) is 0 Å². The number of nitrogens with zero attached hydrogens (tertiary/aromatic N) is 2. The molecule has 0 bridgehead atoms. The number of benzene rings is 1. The van der Waals surface area contributed by atoms with Gasteiger partial charge in [0.1, 0.15) is 11.6 Å². The molecule has 0 radical (unpaired) electrons. The summed E-state index contributed by atoms with van der Waals surface area (Å²) in [6, 6.07) is 8.86. The van der Waals surface area contributed by atoms with Gasteiger partial charge in [0.25, 0.3) is 0 Å². The van der Waals surface area contributed by atoms with E-state index in [1.54, 1.807) is 20.8 Å². The molecule has 2 heterocycles. The highest BCUT2D eigenvalue weighted by atomic mass is 16.6. The van der Waals surface area contributed by atoms with Crippen LogP contribution < -0.4 is 5.32 Å². The van der Waals surface area contributed by atoms with Crippen molar-refractivity contribution in [3.8, 4) is 0 Å². The van der Waals surface area contributed by atoms with Crippen LogP contribution in [0, 0.1) is 6.92 Å². The average molecular weight is 367 g/mol. The minimum atomic E-state index is -0.841. The zero-order valence-electron chi connectivity index (χ0n) is 16.4. The number of carbonyl (C=O) groups is 2. The SMILES string of the molecule is Cc1c2c(cn1C)NC(=O)C(CC(=O)OC(C)(C)C)N=C2c1ccccc1. The Labute approximate surface area is 159 Å². The first kappa shape index (κ1) is 18.9. The third-order valence-electron chi connectivity index (χ3n) is 4.39. The van der Waals surface area contributed by atoms with E-state index in [0.29, 0.717) is 11.4 Å². The van der Waals surface area contributed by atoms with Gasteiger partial charge in [-0.05, 0) is 27.7 Å². The third kappa shape index (κ3) is 4.10. The molecule has 27 heavy (non-hydrogen) atoms. The normalized spacial score (nSPS) is 16.9. The molecular formula is C21H25N3O3. The van der Waals surface area contributed by atoms with Crippen LogP contribution >= 0.6 is 0 Å². The lowest BCUT2D eigenvalue weighted by Crippen LogP contribution is -2.32. The number of esters is 1. The van der Waals surface area contributed by atoms with E-state index < -0.39 is 17.6 Å². The number of amides is 1. The molecule has 6 heteroatoms. The molecule has 0 saturated heterocycles. The van der Waals surface area contributed by atoms with E-state index in [-0.39, 0.29) is 12.3 Å². The van der Waals surface area contributed by atoms with Crippen molar-refractivity contribution in [1.29, 1.82) is 0 Å². The van der Waals surface area contributed by atoms with Gasteiger partial charge in [0.05, 0.1) is 17.8 Å². The number of anilines is 1. The summed E-state index contributed by atoms with van der Waals surface area (Å²) >= 11 is 0. The quantitative estimate of drug-likeness (QED) is 0.847. The number of fused-ring (bicyclic) bond motifs is 1. The van der Waals surface area contributed by atoms with E-state index in [9.17, 15) is 9.59 Å². The summed E-state index contributed by atoms with van der Waals surface area (Å²) in [5.41, 5.74) is 3.57. The number of aryl methyl sites for hydroxylation is 1. The summed E-state index contributed by atoms with van der Waals surface area (Å²) in [7, 11) is 1.93. The molecule has 1 aromatic carbocycles. The first-order chi connectivity index (χ1) is 12.7. The molecule has 2 aromatic rings. The fourth-order valence-electron chi connectivity index (χ4n) is 3.11. The summed E-state index contributed by atoms with van der Waals surface area (Å²) < 4.78 is 7.34. The van der Waals surface area contributed by atoms with Crippen molar-refractivity contribution in [2.24, 2.45) is 12.0 Å². The van der Waals surface area contributed by atoms with Crippen LogP contribution in [-0.2, 0) is 21.4 Å². The van der Waals surface area contributed by atoms with Crippen LogP contribution in [0.25, 0.3) is 0 Å². The number of nitrogens with one attached hydrogen (secondary N) is 1. The summed E-state index contributed by atoms with van der Waals surface area (Å²) in [4.78, 5) is 29.7. The highest BCUT2D eigenvalue weighted by molar-refractivity contribution is 6.20. The Balaban J connectivity index is 2.04. The maximum Gasteiger partial charge on any atom is 0.309 e. The second-order valence-electron chi connectivity index (χ2n) is 7.75. The number of hydrogen-bond acceptors (Lipinski definition) is 4. The molecule has 142 valence electrons. The lowest BCUT2D eigenvalue weighted by molar-refractivity contribution is -0.155. The minimum Gasteiger partial charge on any atom is -0.460 e. The van der Waals surface area contributed by atoms with Gasteiger partial charge >= 0.3 is 5.97 Å². The highest BCUT2D eigenvalue weighted by Crippen LogP contribution is 2.29. The van der Waals surface area contributed by atoms with Gasteiger partial charge in [-0.3, -0.25) is 14.6 Å². The number of aromatic nitrogens is 1. The molecule has 1 N–H and O–H groups in total. The van der Waals surface area contributed by atoms with Gasteiger partial charge in [-0.2, -0.15) is 0 Å². The van der Waals surface area contributed by atoms with Gasteiger partial charge < -0.3 is 14.6 Å². The fourth-order valence-corrected chi connectivity index (χ4v) is 3.11. The minimum absolute atomic E-state index is 0.102. The zero-order valence-corrected chi connectivity index (χ0v) is 16.4. The molecule has 0 aliphatic carbocycles. The average Bonchev–Trinajstić information content (AvgIpc) is 2.76. The molecule has 1 atom stereocenters. The van der Waals surface area contributed by atoms with E-state index in [1.165, 1.54) is 0 Å². The molecule has 1 aliphatic heterocycles. The van der Waals surface area contributed by atoms with E-state index in [2.05, 4.69) is 5.32 Å². The van der Waals surface area contributed by atoms with Crippen LogP contribution in [0.1, 0.15) is 44.0 Å². The third-order valence-corrected chi connectivity index (χ3v) is 4.39. The predicted octanol–water partition coefficient (Wildman–Crippen LogP) is 3.22. The van der Waals surface area contributed by atoms with Crippen molar-refractivity contribution < 1.29 is 14.3 Å². The maximum atomic E-state index is 12.7. The molecule has 1 amide bonds. The summed E-state index contributed by atoms with van der Waals surface area (Å²) in [5, 5.41) is 2.92. The Morgan fingerprint density at radius 1 is 1.26 bits per heavy atom. The van der Waals surface area contributed by atoms with Gasteiger partial charge in [-0.25, -0.2) is 0 Å². The number of carbonyl (C=O) groups excluding carboxylic acids is 2. The topological polar surface area (TPSA) is 72.7 Å². The van der Waals surface area contributed by atoms with Crippen molar-refractivity contribution in [3.63, 3.8) is 0 Å². The molecule has 1 aliphatic rings. The smallest absolute Gasteiger partial charge is 0.309 e. The molecule has 0 fully saturated rings. The van der Waals surface area contributed by atoms with Gasteiger partial charge in [0.2, 0.25) is 5.91 Å². The van der Waals surface area contributed by atoms with E-state index in [4.69, 9.17) is 9.73 Å². The van der Waals surface area contributed by atoms with Crippen molar-refractivity contribution in [2.75, 3.05) is 5.32 Å². The molecule has 1 aromatic heterocycles. The zero-order chi connectivity index (χ0) is 19.8. The fraction of sp³-hybridized carbons (Fsp3) is 0.381. The Kier molecular flexibility index (Phi) is 4.91. The lowest BCUT2D eigenvalue weighted by Gasteiger charge is -2.20. The Hall–Kier alpha value is -2.89. The van der Waals surface area contributed by atoms with Crippen molar-refractivity contribution >= 4 is 23.3 Å². The standard InChI is InChI=1S/C21H25N3O3/c1-13-18-16(12-24(13)5)23-20(26)15(11-17(25)27-21(2,3)4)22-19(18)14-9-7-6-8-10-14/h6-10,12,15H,11H2,1-5H3,(H,23,26). The van der Waals surface area contributed by atoms with Crippen LogP contribution in [0.2, 0.25) is 0 Å². The van der Waals surface area contributed by atoms with Crippen LogP contribution in [0.15, 0.2) is 41.5 Å². The summed E-state index contributed by atoms with van der Waals surface area (Å²) in [6.07, 6.45) is 1.77. The first-order valence-corrected chi connectivity index (χ1v) is 8.98. The predicted molar refractivity (Wildman–Crippen MR) is 105 cm³/mol. The molecule has 3 rings (SSSR count). The Bertz CT molecular complexity index is 905. The van der Waals surface area contributed by atoms with Crippen molar-refractivity contribution in [2.45, 2.75) is 45.8 Å². The largest absolute Gasteiger partial charge is 0.460 e. The van der Waals surface area contributed by atoms with Crippen LogP contribution in [0.4, 0.5) is 5.69 Å². The van der Waals surface area contributed by atoms with Crippen LogP contribution in [0.3, 0.4) is 0 Å². The van der Waals surface area contributed by atoms with Crippen LogP contribution in [0.5, 0.6) is 0 Å². The second kappa shape index (κ2) is 7.02. The summed E-state index contributed by atoms with van der Waals surface area (Å²) in [5.74, 6) is -0.749. The number of ether oxygens (including phenoxy) is 1. The highest BCUT2D eigenvalue weighted by Gasteiger charge is 2.31. The van der Waals surface area contributed by atoms with Gasteiger partial charge in [0.15, 0.2) is 0 Å². The lowest BCUT2D eigenvalue weighted by atomic mass is 10.0. The Morgan fingerprint density at radius 2 is 1.93 bits per heavy atom. The van der Waals surface area contributed by atoms with E-state index >= 15 is 0 Å². The van der Waals surface area contributed by atoms with Crippen molar-refractivity contribution in [1.82, 2.24) is 4.57 Å². The number of aliphatic imine (C=N–C) groups is 1. The molecule has 6 nitrogen and oxygen atoms in total. The van der Waals surface area contributed by atoms with E-state index in [0.717, 1.165) is 16.8 Å². The van der Waals surface area contributed by atoms with Crippen LogP contribution in [-0.4, -0.2) is 33.8 Å². The van der Waals surface area contributed by atoms with Gasteiger partial charge in [-0.1, -0.05) is 30.3 Å². The monoisotopic (exact) mass is 367 g/mol. The maximum absolute atomic E-state index is 12.7. The molecule has 0 spiro atoms. The van der Waals surface area contributed by atoms with Gasteiger partial charge in [0, 0.05) is 30.1 Å². The second-order valence-corrected chi connectivity index (χ2v) is 7.75. The molecule has 0 saturated carbocycles. The molecular weight excluding hydrogens is 342 g/mol. The Morgan fingerprint density at radius 3 is 2.56 bits per heavy atom. The number of hydrogen-bond donors (Lipinski definition) is 1. The molecule has 1 unspecified atom stereocenters. The van der Waals surface area contributed by atoms with E-state index in [1.807, 2.05) is 55.1 Å². The first-order valence-electron chi connectivity index (χ1n) is 8.98. The summed E-state index contributed by atoms with van der Waals surface area (Å²) in [6.45, 7) is 7.39. The number of rotatable bonds is 3.